The molecule has 0 bridgehead atoms. The molecule has 1 atom stereocenters. The standard InChI is InChI=1S/C18H26N2O3/c1-23-12-10-19-17(21)13-16-9-5-6-11-20(18(16)22)14-15-7-3-2-4-8-15/h2-4,7-8,16H,5-6,9-14H2,1H3,(H,19,21). The summed E-state index contributed by atoms with van der Waals surface area (Å²) >= 11 is 0. The summed E-state index contributed by atoms with van der Waals surface area (Å²) in [4.78, 5) is 26.6. The van der Waals surface area contributed by atoms with Crippen LogP contribution in [0.4, 0.5) is 0 Å². The molecular formula is C18H26N2O3. The number of likely N-dealkylation sites (tertiary alicyclic amines) is 1. The van der Waals surface area contributed by atoms with Crippen molar-refractivity contribution in [2.45, 2.75) is 32.2 Å². The predicted molar refractivity (Wildman–Crippen MR) is 88.7 cm³/mol. The third-order valence-electron chi connectivity index (χ3n) is 4.17. The van der Waals surface area contributed by atoms with E-state index in [9.17, 15) is 9.59 Å². The van der Waals surface area contributed by atoms with Crippen molar-refractivity contribution in [1.29, 1.82) is 0 Å². The number of nitrogens with one attached hydrogen (secondary N) is 1. The first kappa shape index (κ1) is 17.5. The molecule has 0 aliphatic carbocycles. The van der Waals surface area contributed by atoms with Gasteiger partial charge in [-0.2, -0.15) is 0 Å². The maximum atomic E-state index is 12.7. The first-order valence-electron chi connectivity index (χ1n) is 8.29. The number of hydrogen-bond donors (Lipinski definition) is 1. The average molecular weight is 318 g/mol. The van der Waals surface area contributed by atoms with Crippen molar-refractivity contribution in [1.82, 2.24) is 10.2 Å². The van der Waals surface area contributed by atoms with Gasteiger partial charge in [0.2, 0.25) is 11.8 Å². The Morgan fingerprint density at radius 2 is 2.09 bits per heavy atom. The lowest BCUT2D eigenvalue weighted by molar-refractivity contribution is -0.138. The number of carbonyl (C=O) groups is 2. The minimum Gasteiger partial charge on any atom is -0.383 e. The van der Waals surface area contributed by atoms with Gasteiger partial charge in [-0.15, -0.1) is 0 Å². The number of hydrogen-bond acceptors (Lipinski definition) is 3. The molecule has 126 valence electrons. The number of carbonyl (C=O) groups excluding carboxylic acids is 2. The summed E-state index contributed by atoms with van der Waals surface area (Å²) in [5.41, 5.74) is 1.13. The van der Waals surface area contributed by atoms with E-state index in [1.165, 1.54) is 0 Å². The van der Waals surface area contributed by atoms with E-state index < -0.39 is 0 Å². The van der Waals surface area contributed by atoms with Crippen LogP contribution in [0.15, 0.2) is 30.3 Å². The predicted octanol–water partition coefficient (Wildman–Crippen LogP) is 1.97. The van der Waals surface area contributed by atoms with Gasteiger partial charge in [0, 0.05) is 39.1 Å². The molecule has 1 aliphatic rings. The van der Waals surface area contributed by atoms with E-state index >= 15 is 0 Å². The SMILES string of the molecule is COCCNC(=O)CC1CCCCN(Cc2ccccc2)C1=O. The fraction of sp³-hybridized carbons (Fsp3) is 0.556. The molecule has 5 heteroatoms. The Hall–Kier alpha value is -1.88. The molecule has 1 unspecified atom stereocenters. The highest BCUT2D eigenvalue weighted by Gasteiger charge is 2.28. The van der Waals surface area contributed by atoms with Gasteiger partial charge < -0.3 is 15.0 Å². The second-order valence-electron chi connectivity index (χ2n) is 5.98. The van der Waals surface area contributed by atoms with Gasteiger partial charge in [0.05, 0.1) is 6.61 Å². The van der Waals surface area contributed by atoms with Crippen molar-refractivity contribution < 1.29 is 14.3 Å². The maximum absolute atomic E-state index is 12.7. The van der Waals surface area contributed by atoms with Gasteiger partial charge in [-0.1, -0.05) is 36.8 Å². The largest absolute Gasteiger partial charge is 0.383 e. The molecule has 0 aromatic heterocycles. The van der Waals surface area contributed by atoms with Gasteiger partial charge in [0.15, 0.2) is 0 Å². The number of ether oxygens (including phenoxy) is 1. The van der Waals surface area contributed by atoms with E-state index in [0.717, 1.165) is 31.4 Å². The number of rotatable bonds is 7. The highest BCUT2D eigenvalue weighted by Crippen LogP contribution is 2.22. The van der Waals surface area contributed by atoms with Gasteiger partial charge in [-0.25, -0.2) is 0 Å². The van der Waals surface area contributed by atoms with Crippen LogP contribution < -0.4 is 5.32 Å². The summed E-state index contributed by atoms with van der Waals surface area (Å²) in [7, 11) is 1.60. The van der Waals surface area contributed by atoms with Crippen LogP contribution in [0.25, 0.3) is 0 Å². The summed E-state index contributed by atoms with van der Waals surface area (Å²) in [6.45, 7) is 2.38. The molecule has 23 heavy (non-hydrogen) atoms. The molecule has 1 aliphatic heterocycles. The van der Waals surface area contributed by atoms with Crippen molar-refractivity contribution in [3.05, 3.63) is 35.9 Å². The molecule has 1 heterocycles. The van der Waals surface area contributed by atoms with E-state index in [2.05, 4.69) is 5.32 Å². The number of nitrogens with zero attached hydrogens (tertiary/aromatic N) is 1. The normalized spacial score (nSPS) is 18.6. The van der Waals surface area contributed by atoms with Crippen molar-refractivity contribution in [2.24, 2.45) is 5.92 Å². The van der Waals surface area contributed by atoms with Gasteiger partial charge in [0.1, 0.15) is 0 Å². The fourth-order valence-electron chi connectivity index (χ4n) is 2.92. The topological polar surface area (TPSA) is 58.6 Å². The zero-order valence-corrected chi connectivity index (χ0v) is 13.8. The number of benzene rings is 1. The van der Waals surface area contributed by atoms with Crippen LogP contribution >= 0.6 is 0 Å². The molecule has 0 spiro atoms. The van der Waals surface area contributed by atoms with Crippen LogP contribution in [-0.4, -0.2) is 43.5 Å². The Kier molecular flexibility index (Phi) is 7.07. The average Bonchev–Trinajstić information content (AvgIpc) is 2.72. The Morgan fingerprint density at radius 1 is 1.30 bits per heavy atom. The molecule has 1 N–H and O–H groups in total. The van der Waals surface area contributed by atoms with E-state index in [1.54, 1.807) is 7.11 Å². The maximum Gasteiger partial charge on any atom is 0.226 e. The van der Waals surface area contributed by atoms with Crippen molar-refractivity contribution in [3.63, 3.8) is 0 Å². The molecule has 2 amide bonds. The molecule has 1 fully saturated rings. The third kappa shape index (κ3) is 5.67. The van der Waals surface area contributed by atoms with Crippen LogP contribution in [0.2, 0.25) is 0 Å². The lowest BCUT2D eigenvalue weighted by atomic mass is 9.98. The molecular weight excluding hydrogens is 292 g/mol. The zero-order valence-electron chi connectivity index (χ0n) is 13.8. The Bertz CT molecular complexity index is 504. The minimum absolute atomic E-state index is 0.0676. The summed E-state index contributed by atoms with van der Waals surface area (Å²) in [6, 6.07) is 10.0. The smallest absolute Gasteiger partial charge is 0.226 e. The second-order valence-corrected chi connectivity index (χ2v) is 5.98. The minimum atomic E-state index is -0.205. The summed E-state index contributed by atoms with van der Waals surface area (Å²) in [6.07, 6.45) is 3.06. The van der Waals surface area contributed by atoms with Crippen molar-refractivity contribution in [3.8, 4) is 0 Å². The number of amides is 2. The fourth-order valence-corrected chi connectivity index (χ4v) is 2.92. The first-order valence-corrected chi connectivity index (χ1v) is 8.29. The van der Waals surface area contributed by atoms with Crippen LogP contribution in [0.3, 0.4) is 0 Å². The molecule has 5 nitrogen and oxygen atoms in total. The molecule has 0 saturated carbocycles. The third-order valence-corrected chi connectivity index (χ3v) is 4.17. The molecule has 1 aromatic carbocycles. The first-order chi connectivity index (χ1) is 11.2. The van der Waals surface area contributed by atoms with Gasteiger partial charge in [-0.3, -0.25) is 9.59 Å². The van der Waals surface area contributed by atoms with E-state index in [4.69, 9.17) is 4.74 Å². The molecule has 0 radical (unpaired) electrons. The lowest BCUT2D eigenvalue weighted by Gasteiger charge is -2.24. The quantitative estimate of drug-likeness (QED) is 0.782. The molecule has 1 saturated heterocycles. The Balaban J connectivity index is 1.92. The Morgan fingerprint density at radius 3 is 2.83 bits per heavy atom. The zero-order chi connectivity index (χ0) is 16.5. The highest BCUT2D eigenvalue weighted by atomic mass is 16.5. The number of methoxy groups -OCH3 is 1. The van der Waals surface area contributed by atoms with Crippen LogP contribution in [0, 0.1) is 5.92 Å². The summed E-state index contributed by atoms with van der Waals surface area (Å²) in [5, 5.41) is 2.80. The summed E-state index contributed by atoms with van der Waals surface area (Å²) < 4.78 is 4.92. The van der Waals surface area contributed by atoms with E-state index in [0.29, 0.717) is 19.7 Å². The Labute approximate surface area is 138 Å². The van der Waals surface area contributed by atoms with Crippen LogP contribution in [0.1, 0.15) is 31.2 Å². The van der Waals surface area contributed by atoms with Gasteiger partial charge >= 0.3 is 0 Å². The monoisotopic (exact) mass is 318 g/mol. The van der Waals surface area contributed by atoms with Crippen molar-refractivity contribution in [2.75, 3.05) is 26.8 Å². The summed E-state index contributed by atoms with van der Waals surface area (Å²) in [5.74, 6) is -0.168. The van der Waals surface area contributed by atoms with Crippen molar-refractivity contribution >= 4 is 11.8 Å². The molecule has 2 rings (SSSR count). The highest BCUT2D eigenvalue weighted by molar-refractivity contribution is 5.86. The molecule has 1 aromatic rings. The van der Waals surface area contributed by atoms with E-state index in [1.807, 2.05) is 35.2 Å². The van der Waals surface area contributed by atoms with Crippen LogP contribution in [-0.2, 0) is 20.9 Å². The van der Waals surface area contributed by atoms with Crippen LogP contribution in [0.5, 0.6) is 0 Å². The lowest BCUT2D eigenvalue weighted by Crippen LogP contribution is -2.37. The van der Waals surface area contributed by atoms with Gasteiger partial charge in [-0.05, 0) is 18.4 Å². The van der Waals surface area contributed by atoms with Gasteiger partial charge in [0.25, 0.3) is 0 Å². The second kappa shape index (κ2) is 9.30. The van der Waals surface area contributed by atoms with E-state index in [-0.39, 0.29) is 24.2 Å².